The second-order valence-corrected chi connectivity index (χ2v) is 6.68. The first kappa shape index (κ1) is 27.4. The third kappa shape index (κ3) is 10.8. The van der Waals surface area contributed by atoms with Gasteiger partial charge in [-0.2, -0.15) is 0 Å². The van der Waals surface area contributed by atoms with Crippen molar-refractivity contribution in [1.82, 2.24) is 0 Å². The summed E-state index contributed by atoms with van der Waals surface area (Å²) in [6.45, 7) is 1.79. The van der Waals surface area contributed by atoms with Crippen LogP contribution in [-0.2, 0) is 19.1 Å². The van der Waals surface area contributed by atoms with Gasteiger partial charge in [0.1, 0.15) is 0 Å². The highest BCUT2D eigenvalue weighted by molar-refractivity contribution is 5.92. The van der Waals surface area contributed by atoms with Gasteiger partial charge in [-0.3, -0.25) is 4.79 Å². The number of carbonyl (C=O) groups is 2. The van der Waals surface area contributed by atoms with Gasteiger partial charge in [-0.1, -0.05) is 50.1 Å². The minimum Gasteiger partial charge on any atom is -0.492 e. The molecule has 1 rings (SSSR count). The summed E-state index contributed by atoms with van der Waals surface area (Å²) in [5.74, 6) is -2.19. The number of ether oxygens (including phenoxy) is 2. The molecular formula is C22H34O8. The second kappa shape index (κ2) is 16.2. The van der Waals surface area contributed by atoms with E-state index in [1.807, 2.05) is 13.0 Å². The molecule has 0 amide bonds. The van der Waals surface area contributed by atoms with E-state index in [-0.39, 0.29) is 24.0 Å². The van der Waals surface area contributed by atoms with Crippen molar-refractivity contribution in [2.45, 2.75) is 51.6 Å². The van der Waals surface area contributed by atoms with Crippen molar-refractivity contribution in [1.29, 1.82) is 0 Å². The van der Waals surface area contributed by atoms with Crippen LogP contribution in [0.3, 0.4) is 0 Å². The Balaban J connectivity index is 0.000000561. The fourth-order valence-electron chi connectivity index (χ4n) is 2.74. The van der Waals surface area contributed by atoms with Gasteiger partial charge < -0.3 is 29.9 Å². The van der Waals surface area contributed by atoms with E-state index in [0.29, 0.717) is 31.2 Å². The molecule has 0 aromatic heterocycles. The Morgan fingerprint density at radius 3 is 2.00 bits per heavy atom. The third-order valence-corrected chi connectivity index (χ3v) is 4.40. The molecule has 4 N–H and O–H groups in total. The minimum absolute atomic E-state index is 0.205. The molecule has 1 aromatic carbocycles. The van der Waals surface area contributed by atoms with E-state index in [0.717, 1.165) is 12.8 Å². The lowest BCUT2D eigenvalue weighted by Crippen LogP contribution is -2.16. The van der Waals surface area contributed by atoms with E-state index in [4.69, 9.17) is 29.9 Å². The van der Waals surface area contributed by atoms with Crippen LogP contribution in [0.1, 0.15) is 51.0 Å². The largest absolute Gasteiger partial charge is 0.492 e. The predicted octanol–water partition coefficient (Wildman–Crippen LogP) is 3.13. The van der Waals surface area contributed by atoms with Crippen molar-refractivity contribution < 1.29 is 39.5 Å². The van der Waals surface area contributed by atoms with Gasteiger partial charge in [0, 0.05) is 5.56 Å². The molecule has 0 bridgehead atoms. The van der Waals surface area contributed by atoms with Gasteiger partial charge in [-0.05, 0) is 25.7 Å². The maximum absolute atomic E-state index is 10.8. The van der Waals surface area contributed by atoms with Gasteiger partial charge in [0.25, 0.3) is 0 Å². The van der Waals surface area contributed by atoms with Crippen molar-refractivity contribution in [3.8, 4) is 0 Å². The summed E-state index contributed by atoms with van der Waals surface area (Å²) in [5, 5.41) is 35.5. The van der Waals surface area contributed by atoms with Gasteiger partial charge >= 0.3 is 11.9 Å². The van der Waals surface area contributed by atoms with E-state index < -0.39 is 18.0 Å². The summed E-state index contributed by atoms with van der Waals surface area (Å²) in [5.41, 5.74) is 0.666. The molecule has 0 spiro atoms. The van der Waals surface area contributed by atoms with Gasteiger partial charge in [0.05, 0.1) is 32.8 Å². The number of carboxylic acids is 2. The zero-order valence-corrected chi connectivity index (χ0v) is 17.9. The first-order valence-electron chi connectivity index (χ1n) is 9.94. The zero-order chi connectivity index (χ0) is 22.9. The number of aliphatic hydroxyl groups excluding tert-OH is 2. The monoisotopic (exact) mass is 426 g/mol. The van der Waals surface area contributed by atoms with Gasteiger partial charge in [0.15, 0.2) is 5.76 Å². The predicted molar refractivity (Wildman–Crippen MR) is 113 cm³/mol. The Bertz CT molecular complexity index is 642. The van der Waals surface area contributed by atoms with Crippen molar-refractivity contribution in [2.24, 2.45) is 5.92 Å². The Morgan fingerprint density at radius 2 is 1.57 bits per heavy atom. The standard InChI is InChI=1S/C11H12O4.C11H22O4/c1-14-9(10(15-2)11(12)13)8-6-4-3-5-7-8;1-2-3-5-9(11(14)15)6-4-7-10(13)8-12/h3-7H,1-2H3,(H,12,13);9-10,12-13H,2-8H2,1H3,(H,14,15). The molecule has 170 valence electrons. The molecule has 8 heteroatoms. The highest BCUT2D eigenvalue weighted by Gasteiger charge is 2.18. The molecule has 8 nitrogen and oxygen atoms in total. The van der Waals surface area contributed by atoms with Crippen LogP contribution in [-0.4, -0.2) is 59.3 Å². The molecule has 0 aliphatic heterocycles. The summed E-state index contributed by atoms with van der Waals surface area (Å²) in [7, 11) is 2.70. The molecule has 0 saturated heterocycles. The van der Waals surface area contributed by atoms with E-state index in [9.17, 15) is 9.59 Å². The Hall–Kier alpha value is -2.58. The number of hydrogen-bond donors (Lipinski definition) is 4. The smallest absolute Gasteiger partial charge is 0.375 e. The van der Waals surface area contributed by atoms with Crippen LogP contribution in [0, 0.1) is 5.92 Å². The molecule has 30 heavy (non-hydrogen) atoms. The van der Waals surface area contributed by atoms with Crippen molar-refractivity contribution in [3.05, 3.63) is 41.7 Å². The Kier molecular flexibility index (Phi) is 14.8. The summed E-state index contributed by atoms with van der Waals surface area (Å²) < 4.78 is 9.80. The fourth-order valence-corrected chi connectivity index (χ4v) is 2.74. The molecule has 0 fully saturated rings. The normalized spacial score (nSPS) is 13.2. The van der Waals surface area contributed by atoms with E-state index >= 15 is 0 Å². The van der Waals surface area contributed by atoms with Crippen LogP contribution in [0.4, 0.5) is 0 Å². The zero-order valence-electron chi connectivity index (χ0n) is 17.9. The molecule has 0 heterocycles. The molecule has 0 aliphatic rings. The Labute approximate surface area is 177 Å². The van der Waals surface area contributed by atoms with Gasteiger partial charge in [-0.25, -0.2) is 4.79 Å². The number of aliphatic carboxylic acids is 2. The quantitative estimate of drug-likeness (QED) is 0.279. The highest BCUT2D eigenvalue weighted by atomic mass is 16.5. The van der Waals surface area contributed by atoms with Crippen molar-refractivity contribution >= 4 is 17.7 Å². The number of methoxy groups -OCH3 is 2. The van der Waals surface area contributed by atoms with Crippen LogP contribution < -0.4 is 0 Å². The van der Waals surface area contributed by atoms with Crippen LogP contribution in [0.5, 0.6) is 0 Å². The number of carboxylic acid groups (broad SMARTS) is 2. The summed E-state index contributed by atoms with van der Waals surface area (Å²) in [4.78, 5) is 21.7. The number of aliphatic hydroxyl groups is 2. The molecular weight excluding hydrogens is 392 g/mol. The van der Waals surface area contributed by atoms with Crippen LogP contribution in [0.15, 0.2) is 36.1 Å². The van der Waals surface area contributed by atoms with Crippen molar-refractivity contribution in [2.75, 3.05) is 20.8 Å². The lowest BCUT2D eigenvalue weighted by atomic mass is 9.95. The molecule has 0 aliphatic carbocycles. The average Bonchev–Trinajstić information content (AvgIpc) is 2.74. The molecule has 1 aromatic rings. The van der Waals surface area contributed by atoms with Crippen LogP contribution in [0.25, 0.3) is 5.76 Å². The van der Waals surface area contributed by atoms with E-state index in [2.05, 4.69) is 0 Å². The lowest BCUT2D eigenvalue weighted by molar-refractivity contribution is -0.142. The second-order valence-electron chi connectivity index (χ2n) is 6.68. The Morgan fingerprint density at radius 1 is 0.967 bits per heavy atom. The first-order chi connectivity index (χ1) is 14.3. The third-order valence-electron chi connectivity index (χ3n) is 4.40. The SMILES string of the molecule is CCCCC(CCCC(O)CO)C(=O)O.COC(C(=O)O)=C(OC)c1ccccc1. The van der Waals surface area contributed by atoms with Crippen molar-refractivity contribution in [3.63, 3.8) is 0 Å². The number of hydrogen-bond acceptors (Lipinski definition) is 6. The minimum atomic E-state index is -1.15. The van der Waals surface area contributed by atoms with Gasteiger partial charge in [0.2, 0.25) is 5.76 Å². The summed E-state index contributed by atoms with van der Waals surface area (Å²) in [6, 6.07) is 8.93. The fraction of sp³-hybridized carbons (Fsp3) is 0.545. The lowest BCUT2D eigenvalue weighted by Gasteiger charge is -2.12. The van der Waals surface area contributed by atoms with Crippen LogP contribution >= 0.6 is 0 Å². The van der Waals surface area contributed by atoms with Crippen LogP contribution in [0.2, 0.25) is 0 Å². The highest BCUT2D eigenvalue weighted by Crippen LogP contribution is 2.20. The molecule has 2 atom stereocenters. The van der Waals surface area contributed by atoms with E-state index in [1.54, 1.807) is 24.3 Å². The van der Waals surface area contributed by atoms with Gasteiger partial charge in [-0.15, -0.1) is 0 Å². The number of unbranched alkanes of at least 4 members (excludes halogenated alkanes) is 1. The topological polar surface area (TPSA) is 134 Å². The summed E-state index contributed by atoms with van der Waals surface area (Å²) >= 11 is 0. The number of benzene rings is 1. The maximum atomic E-state index is 10.8. The summed E-state index contributed by atoms with van der Waals surface area (Å²) in [6.07, 6.45) is 3.66. The van der Waals surface area contributed by atoms with E-state index in [1.165, 1.54) is 14.2 Å². The average molecular weight is 427 g/mol. The first-order valence-corrected chi connectivity index (χ1v) is 9.94. The molecule has 2 unspecified atom stereocenters. The molecule has 0 saturated carbocycles. The maximum Gasteiger partial charge on any atom is 0.375 e. The molecule has 0 radical (unpaired) electrons. The number of rotatable bonds is 13.